The van der Waals surface area contributed by atoms with Crippen molar-refractivity contribution in [2.75, 3.05) is 11.9 Å². The van der Waals surface area contributed by atoms with Gasteiger partial charge < -0.3 is 20.1 Å². The Hall–Kier alpha value is -3.16. The minimum absolute atomic E-state index is 0.0954. The Bertz CT molecular complexity index is 1130. The summed E-state index contributed by atoms with van der Waals surface area (Å²) in [6.45, 7) is -1.82. The molecule has 4 aliphatic rings. The molecule has 0 radical (unpaired) electrons. The molecular formula is C22H26F4N6O4. The lowest BCUT2D eigenvalue weighted by atomic mass is 9.50. The van der Waals surface area contributed by atoms with Gasteiger partial charge in [-0.25, -0.2) is 9.18 Å². The van der Waals surface area contributed by atoms with E-state index < -0.39 is 43.7 Å². The first-order valence-corrected chi connectivity index (χ1v) is 11.7. The molecule has 6 rings (SSSR count). The van der Waals surface area contributed by atoms with Crippen molar-refractivity contribution in [3.8, 4) is 0 Å². The van der Waals surface area contributed by atoms with E-state index in [1.165, 1.54) is 17.8 Å². The largest absolute Gasteiger partial charge is 0.443 e. The molecule has 2 heterocycles. The predicted molar refractivity (Wildman–Crippen MR) is 116 cm³/mol. The van der Waals surface area contributed by atoms with E-state index in [1.54, 1.807) is 6.07 Å². The normalized spacial score (nSPS) is 28.8. The van der Waals surface area contributed by atoms with E-state index >= 15 is 0 Å². The van der Waals surface area contributed by atoms with E-state index in [0.717, 1.165) is 19.3 Å². The van der Waals surface area contributed by atoms with Crippen LogP contribution >= 0.6 is 0 Å². The van der Waals surface area contributed by atoms with Crippen molar-refractivity contribution in [1.29, 1.82) is 0 Å². The van der Waals surface area contributed by atoms with Crippen molar-refractivity contribution in [2.24, 2.45) is 13.0 Å². The highest BCUT2D eigenvalue weighted by atomic mass is 19.4. The summed E-state index contributed by atoms with van der Waals surface area (Å²) in [5.74, 6) is 0.0287. The number of aromatic nitrogens is 4. The Morgan fingerprint density at radius 2 is 2.00 bits per heavy atom. The second-order valence-corrected chi connectivity index (χ2v) is 9.93. The topological polar surface area (TPSA) is 123 Å². The molecule has 0 aliphatic heterocycles. The van der Waals surface area contributed by atoms with Crippen molar-refractivity contribution in [3.05, 3.63) is 29.2 Å². The van der Waals surface area contributed by atoms with Gasteiger partial charge in [-0.2, -0.15) is 23.4 Å². The van der Waals surface area contributed by atoms with Crippen LogP contribution in [0.15, 0.2) is 12.1 Å². The number of halogens is 4. The van der Waals surface area contributed by atoms with E-state index in [0.29, 0.717) is 11.6 Å². The summed E-state index contributed by atoms with van der Waals surface area (Å²) in [5, 5.41) is 16.3. The Labute approximate surface area is 203 Å². The van der Waals surface area contributed by atoms with Crippen LogP contribution in [0, 0.1) is 5.92 Å². The van der Waals surface area contributed by atoms with Crippen LogP contribution in [-0.2, 0) is 23.1 Å². The maximum absolute atomic E-state index is 14.6. The Balaban J connectivity index is 1.13. The van der Waals surface area contributed by atoms with Gasteiger partial charge in [-0.1, -0.05) is 0 Å². The SMILES string of the molecule is Cn1nc(COCC(F)(F)F)cc1C(=O)Nc1cc([C@H]2C[C@H](F)[C@H](OC(=O)NC34CC(C3)C4)C2)[nH]n1. The fourth-order valence-electron chi connectivity index (χ4n) is 5.21. The van der Waals surface area contributed by atoms with Crippen molar-refractivity contribution < 1.29 is 36.6 Å². The Morgan fingerprint density at radius 1 is 1.25 bits per heavy atom. The number of hydrogen-bond acceptors (Lipinski definition) is 6. The number of nitrogens with zero attached hydrogens (tertiary/aromatic N) is 3. The van der Waals surface area contributed by atoms with Crippen molar-refractivity contribution in [3.63, 3.8) is 0 Å². The number of aryl methyl sites for hydroxylation is 1. The van der Waals surface area contributed by atoms with Crippen molar-refractivity contribution in [1.82, 2.24) is 25.3 Å². The van der Waals surface area contributed by atoms with Gasteiger partial charge in [0.1, 0.15) is 24.6 Å². The number of anilines is 1. The van der Waals surface area contributed by atoms with E-state index in [-0.39, 0.29) is 41.5 Å². The van der Waals surface area contributed by atoms with Gasteiger partial charge in [0.15, 0.2) is 5.82 Å². The van der Waals surface area contributed by atoms with E-state index in [2.05, 4.69) is 30.7 Å². The lowest BCUT2D eigenvalue weighted by Gasteiger charge is -2.61. The molecular weight excluding hydrogens is 488 g/mol. The molecule has 2 amide bonds. The molecule has 196 valence electrons. The molecule has 4 saturated carbocycles. The van der Waals surface area contributed by atoms with Crippen LogP contribution in [0.5, 0.6) is 0 Å². The number of alkyl halides is 4. The van der Waals surface area contributed by atoms with E-state index in [4.69, 9.17) is 4.74 Å². The van der Waals surface area contributed by atoms with Gasteiger partial charge in [-0.15, -0.1) is 0 Å². The minimum atomic E-state index is -4.46. The molecule has 2 bridgehead atoms. The zero-order valence-electron chi connectivity index (χ0n) is 19.4. The number of carbonyl (C=O) groups is 2. The van der Waals surface area contributed by atoms with Crippen LogP contribution in [0.1, 0.15) is 59.9 Å². The van der Waals surface area contributed by atoms with Gasteiger partial charge in [0, 0.05) is 30.3 Å². The number of alkyl carbamates (subject to hydrolysis) is 1. The molecule has 0 aromatic carbocycles. The van der Waals surface area contributed by atoms with Crippen LogP contribution in [0.3, 0.4) is 0 Å². The van der Waals surface area contributed by atoms with Crippen molar-refractivity contribution >= 4 is 17.8 Å². The molecule has 2 aromatic rings. The molecule has 4 fully saturated rings. The molecule has 3 N–H and O–H groups in total. The molecule has 36 heavy (non-hydrogen) atoms. The molecule has 4 aliphatic carbocycles. The van der Waals surface area contributed by atoms with E-state index in [1.807, 2.05) is 0 Å². The number of ether oxygens (including phenoxy) is 2. The monoisotopic (exact) mass is 514 g/mol. The van der Waals surface area contributed by atoms with Crippen LogP contribution in [-0.4, -0.2) is 62.6 Å². The smallest absolute Gasteiger partial charge is 0.411 e. The number of H-pyrrole nitrogens is 1. The number of hydrogen-bond donors (Lipinski definition) is 3. The second-order valence-electron chi connectivity index (χ2n) is 9.93. The second kappa shape index (κ2) is 9.05. The highest BCUT2D eigenvalue weighted by Crippen LogP contribution is 2.57. The first-order valence-electron chi connectivity index (χ1n) is 11.7. The van der Waals surface area contributed by atoms with Crippen molar-refractivity contribution in [2.45, 2.75) is 68.6 Å². The van der Waals surface area contributed by atoms with Gasteiger partial charge >= 0.3 is 12.3 Å². The molecule has 14 heteroatoms. The summed E-state index contributed by atoms with van der Waals surface area (Å²) in [5.41, 5.74) is 0.703. The van der Waals surface area contributed by atoms with Crippen LogP contribution in [0.25, 0.3) is 0 Å². The summed E-state index contributed by atoms with van der Waals surface area (Å²) in [6.07, 6.45) is -3.92. The Kier molecular flexibility index (Phi) is 6.17. The van der Waals surface area contributed by atoms with Crippen LogP contribution in [0.4, 0.5) is 28.2 Å². The fourth-order valence-corrected chi connectivity index (χ4v) is 5.21. The minimum Gasteiger partial charge on any atom is -0.443 e. The standard InChI is InChI=1S/C22H26F4N6O4/c1-32-16(4-13(31-32)9-35-10-22(24,25)26)19(33)27-18-5-15(29-30-18)12-2-14(23)17(3-12)36-20(34)28-21-6-11(7-21)8-21/h4-5,11-12,14,17H,2-3,6-10H2,1H3,(H,28,34)(H2,27,29,30,33)/t11?,12-,14-,17+,21?/m0/s1. The predicted octanol–water partition coefficient (Wildman–Crippen LogP) is 3.34. The molecule has 0 saturated heterocycles. The van der Waals surface area contributed by atoms with Crippen LogP contribution < -0.4 is 10.6 Å². The number of nitrogens with one attached hydrogen (secondary N) is 3. The summed E-state index contributed by atoms with van der Waals surface area (Å²) in [6, 6.07) is 2.90. The van der Waals surface area contributed by atoms with Gasteiger partial charge in [0.2, 0.25) is 0 Å². The lowest BCUT2D eigenvalue weighted by Crippen LogP contribution is -2.68. The highest BCUT2D eigenvalue weighted by Gasteiger charge is 2.58. The third-order valence-electron chi connectivity index (χ3n) is 7.05. The molecule has 2 aromatic heterocycles. The first kappa shape index (κ1) is 24.5. The zero-order chi connectivity index (χ0) is 25.7. The number of rotatable bonds is 8. The summed E-state index contributed by atoms with van der Waals surface area (Å²) >= 11 is 0. The lowest BCUT2D eigenvalue weighted by molar-refractivity contribution is -0.176. The average Bonchev–Trinajstić information content (AvgIpc) is 3.42. The number of amides is 2. The molecule has 0 unspecified atom stereocenters. The zero-order valence-corrected chi connectivity index (χ0v) is 19.4. The number of carbonyl (C=O) groups excluding carboxylic acids is 2. The fraction of sp³-hybridized carbons (Fsp3) is 0.636. The third kappa shape index (κ3) is 5.18. The third-order valence-corrected chi connectivity index (χ3v) is 7.05. The maximum Gasteiger partial charge on any atom is 0.411 e. The Morgan fingerprint density at radius 3 is 2.67 bits per heavy atom. The average molecular weight is 514 g/mol. The summed E-state index contributed by atoms with van der Waals surface area (Å²) in [7, 11) is 1.47. The summed E-state index contributed by atoms with van der Waals surface area (Å²) in [4.78, 5) is 24.8. The summed E-state index contributed by atoms with van der Waals surface area (Å²) < 4.78 is 62.4. The van der Waals surface area contributed by atoms with Gasteiger partial charge in [-0.05, 0) is 44.1 Å². The highest BCUT2D eigenvalue weighted by molar-refractivity contribution is 6.02. The molecule has 3 atom stereocenters. The quantitative estimate of drug-likeness (QED) is 0.465. The van der Waals surface area contributed by atoms with Gasteiger partial charge in [0.25, 0.3) is 5.91 Å². The van der Waals surface area contributed by atoms with E-state index in [9.17, 15) is 27.2 Å². The number of aromatic amines is 1. The van der Waals surface area contributed by atoms with Gasteiger partial charge in [-0.3, -0.25) is 14.6 Å². The molecule has 0 spiro atoms. The first-order chi connectivity index (χ1) is 17.0. The van der Waals surface area contributed by atoms with Gasteiger partial charge in [0.05, 0.1) is 12.3 Å². The van der Waals surface area contributed by atoms with Crippen LogP contribution in [0.2, 0.25) is 0 Å². The maximum atomic E-state index is 14.6. The molecule has 10 nitrogen and oxygen atoms in total.